The number of aliphatic hydroxyl groups excluding tert-OH is 1. The van der Waals surface area contributed by atoms with Gasteiger partial charge in [0.2, 0.25) is 0 Å². The molecule has 0 aliphatic carbocycles. The molecular formula is C13H17F2N3O2. The van der Waals surface area contributed by atoms with Crippen LogP contribution in [0.15, 0.2) is 29.3 Å². The van der Waals surface area contributed by atoms with E-state index in [1.54, 1.807) is 0 Å². The van der Waals surface area contributed by atoms with Gasteiger partial charge >= 0.3 is 0 Å². The SMILES string of the molecule is NC(=NCC(F)(F)CO)NC1CCOc2ccccc21. The van der Waals surface area contributed by atoms with Crippen molar-refractivity contribution in [3.63, 3.8) is 0 Å². The molecule has 7 heteroatoms. The molecule has 0 bridgehead atoms. The zero-order valence-electron chi connectivity index (χ0n) is 10.9. The maximum Gasteiger partial charge on any atom is 0.289 e. The van der Waals surface area contributed by atoms with Crippen molar-refractivity contribution in [2.75, 3.05) is 19.8 Å². The van der Waals surface area contributed by atoms with Crippen molar-refractivity contribution >= 4 is 5.96 Å². The Hall–Kier alpha value is -1.89. The van der Waals surface area contributed by atoms with Crippen LogP contribution in [0.5, 0.6) is 5.75 Å². The van der Waals surface area contributed by atoms with Gasteiger partial charge < -0.3 is 20.9 Å². The molecule has 5 nitrogen and oxygen atoms in total. The number of hydrogen-bond acceptors (Lipinski definition) is 3. The highest BCUT2D eigenvalue weighted by Gasteiger charge is 2.27. The van der Waals surface area contributed by atoms with Crippen molar-refractivity contribution in [2.45, 2.75) is 18.4 Å². The first kappa shape index (κ1) is 14.5. The number of benzene rings is 1. The van der Waals surface area contributed by atoms with E-state index in [2.05, 4.69) is 10.3 Å². The van der Waals surface area contributed by atoms with E-state index in [0.29, 0.717) is 13.0 Å². The third-order valence-electron chi connectivity index (χ3n) is 2.99. The van der Waals surface area contributed by atoms with Crippen molar-refractivity contribution in [3.05, 3.63) is 29.8 Å². The minimum Gasteiger partial charge on any atom is -0.493 e. The number of nitrogens with one attached hydrogen (secondary N) is 1. The van der Waals surface area contributed by atoms with Crippen molar-refractivity contribution in [3.8, 4) is 5.75 Å². The molecule has 1 atom stereocenters. The fraction of sp³-hybridized carbons (Fsp3) is 0.462. The van der Waals surface area contributed by atoms with Gasteiger partial charge in [0.1, 0.15) is 18.9 Å². The molecule has 1 unspecified atom stereocenters. The Bertz CT molecular complexity index is 494. The number of rotatable bonds is 4. The predicted molar refractivity (Wildman–Crippen MR) is 71.0 cm³/mol. The zero-order valence-corrected chi connectivity index (χ0v) is 10.9. The first-order valence-corrected chi connectivity index (χ1v) is 6.29. The summed E-state index contributed by atoms with van der Waals surface area (Å²) in [6.45, 7) is -1.56. The predicted octanol–water partition coefficient (Wildman–Crippen LogP) is 1.04. The van der Waals surface area contributed by atoms with E-state index in [1.807, 2.05) is 24.3 Å². The van der Waals surface area contributed by atoms with Crippen molar-refractivity contribution in [2.24, 2.45) is 10.7 Å². The number of aliphatic imine (C=N–C) groups is 1. The van der Waals surface area contributed by atoms with E-state index in [-0.39, 0.29) is 12.0 Å². The molecule has 0 saturated heterocycles. The maximum atomic E-state index is 12.9. The number of aliphatic hydroxyl groups is 1. The normalized spacial score (nSPS) is 19.1. The highest BCUT2D eigenvalue weighted by molar-refractivity contribution is 5.78. The smallest absolute Gasteiger partial charge is 0.289 e. The summed E-state index contributed by atoms with van der Waals surface area (Å²) in [4.78, 5) is 3.57. The van der Waals surface area contributed by atoms with Crippen LogP contribution in [-0.2, 0) is 0 Å². The fourth-order valence-electron chi connectivity index (χ4n) is 1.97. The van der Waals surface area contributed by atoms with Crippen LogP contribution in [0.25, 0.3) is 0 Å². The molecule has 0 saturated carbocycles. The van der Waals surface area contributed by atoms with Gasteiger partial charge in [0, 0.05) is 12.0 Å². The molecule has 0 spiro atoms. The average Bonchev–Trinajstić information content (AvgIpc) is 2.46. The monoisotopic (exact) mass is 285 g/mol. The number of para-hydroxylation sites is 1. The Morgan fingerprint density at radius 1 is 1.50 bits per heavy atom. The number of halogens is 2. The molecule has 1 aliphatic rings. The van der Waals surface area contributed by atoms with Crippen molar-refractivity contribution in [1.82, 2.24) is 5.32 Å². The third kappa shape index (κ3) is 3.57. The molecular weight excluding hydrogens is 268 g/mol. The van der Waals surface area contributed by atoms with Crippen LogP contribution in [0.4, 0.5) is 8.78 Å². The van der Waals surface area contributed by atoms with Gasteiger partial charge in [-0.3, -0.25) is 0 Å². The second kappa shape index (κ2) is 6.04. The number of alkyl halides is 2. The van der Waals surface area contributed by atoms with E-state index in [0.717, 1.165) is 11.3 Å². The van der Waals surface area contributed by atoms with Crippen LogP contribution in [0, 0.1) is 0 Å². The summed E-state index contributed by atoms with van der Waals surface area (Å²) < 4.78 is 31.2. The minimum absolute atomic E-state index is 0.0696. The van der Waals surface area contributed by atoms with Crippen LogP contribution in [-0.4, -0.2) is 36.7 Å². The topological polar surface area (TPSA) is 79.9 Å². The molecule has 0 radical (unpaired) electrons. The van der Waals surface area contributed by atoms with Gasteiger partial charge in [0.05, 0.1) is 12.6 Å². The molecule has 0 fully saturated rings. The van der Waals surface area contributed by atoms with E-state index in [4.69, 9.17) is 15.6 Å². The quantitative estimate of drug-likeness (QED) is 0.570. The molecule has 0 aromatic heterocycles. The lowest BCUT2D eigenvalue weighted by Gasteiger charge is -2.27. The van der Waals surface area contributed by atoms with Gasteiger partial charge in [-0.05, 0) is 6.07 Å². The zero-order chi connectivity index (χ0) is 14.6. The van der Waals surface area contributed by atoms with Gasteiger partial charge in [-0.2, -0.15) is 0 Å². The van der Waals surface area contributed by atoms with E-state index < -0.39 is 19.1 Å². The highest BCUT2D eigenvalue weighted by Crippen LogP contribution is 2.31. The summed E-state index contributed by atoms with van der Waals surface area (Å²) >= 11 is 0. The standard InChI is InChI=1S/C13H17F2N3O2/c14-13(15,8-19)7-17-12(16)18-10-5-6-20-11-4-2-1-3-9(10)11/h1-4,10,19H,5-8H2,(H3,16,17,18). The van der Waals surface area contributed by atoms with Crippen molar-refractivity contribution in [1.29, 1.82) is 0 Å². The van der Waals surface area contributed by atoms with E-state index in [1.165, 1.54) is 0 Å². The molecule has 1 aliphatic heterocycles. The second-order valence-electron chi connectivity index (χ2n) is 4.59. The van der Waals surface area contributed by atoms with Crippen LogP contribution in [0.3, 0.4) is 0 Å². The van der Waals surface area contributed by atoms with E-state index >= 15 is 0 Å². The van der Waals surface area contributed by atoms with E-state index in [9.17, 15) is 8.78 Å². The van der Waals surface area contributed by atoms with Crippen LogP contribution in [0.1, 0.15) is 18.0 Å². The Labute approximate surface area is 115 Å². The summed E-state index contributed by atoms with van der Waals surface area (Å²) in [5, 5.41) is 11.4. The largest absolute Gasteiger partial charge is 0.493 e. The lowest BCUT2D eigenvalue weighted by atomic mass is 10.0. The molecule has 0 amide bonds. The fourth-order valence-corrected chi connectivity index (χ4v) is 1.97. The molecule has 20 heavy (non-hydrogen) atoms. The Morgan fingerprint density at radius 3 is 3.00 bits per heavy atom. The molecule has 110 valence electrons. The second-order valence-corrected chi connectivity index (χ2v) is 4.59. The van der Waals surface area contributed by atoms with Gasteiger partial charge in [-0.15, -0.1) is 0 Å². The molecule has 1 heterocycles. The first-order valence-electron chi connectivity index (χ1n) is 6.29. The average molecular weight is 285 g/mol. The Kier molecular flexibility index (Phi) is 4.39. The number of nitrogens with two attached hydrogens (primary N) is 1. The molecule has 4 N–H and O–H groups in total. The molecule has 2 rings (SSSR count). The summed E-state index contributed by atoms with van der Waals surface area (Å²) in [6.07, 6.45) is 0.670. The number of ether oxygens (including phenoxy) is 1. The number of nitrogens with zero attached hydrogens (tertiary/aromatic N) is 1. The van der Waals surface area contributed by atoms with Gasteiger partial charge in [-0.25, -0.2) is 13.8 Å². The summed E-state index contributed by atoms with van der Waals surface area (Å²) in [5.74, 6) is -2.57. The lowest BCUT2D eigenvalue weighted by molar-refractivity contribution is -0.0404. The van der Waals surface area contributed by atoms with Gasteiger partial charge in [0.15, 0.2) is 5.96 Å². The Morgan fingerprint density at radius 2 is 2.25 bits per heavy atom. The lowest BCUT2D eigenvalue weighted by Crippen LogP contribution is -2.38. The summed E-state index contributed by atoms with van der Waals surface area (Å²) in [6, 6.07) is 7.35. The van der Waals surface area contributed by atoms with Crippen molar-refractivity contribution < 1.29 is 18.6 Å². The van der Waals surface area contributed by atoms with Gasteiger partial charge in [0.25, 0.3) is 5.92 Å². The summed E-state index contributed by atoms with van der Waals surface area (Å²) in [5.41, 5.74) is 6.53. The third-order valence-corrected chi connectivity index (χ3v) is 2.99. The highest BCUT2D eigenvalue weighted by atomic mass is 19.3. The van der Waals surface area contributed by atoms with Crippen LogP contribution >= 0.6 is 0 Å². The molecule has 1 aromatic rings. The minimum atomic E-state index is -3.25. The first-order chi connectivity index (χ1) is 9.52. The summed E-state index contributed by atoms with van der Waals surface area (Å²) in [7, 11) is 0. The maximum absolute atomic E-state index is 12.9. The number of hydrogen-bond donors (Lipinski definition) is 3. The van der Waals surface area contributed by atoms with Crippen LogP contribution in [0.2, 0.25) is 0 Å². The molecule has 1 aromatic carbocycles. The van der Waals surface area contributed by atoms with Crippen LogP contribution < -0.4 is 15.8 Å². The number of guanidine groups is 1. The Balaban J connectivity index is 2.02. The van der Waals surface area contributed by atoms with Gasteiger partial charge in [-0.1, -0.05) is 18.2 Å². The number of fused-ring (bicyclic) bond motifs is 1.